The molecule has 0 fully saturated rings. The third-order valence-electron chi connectivity index (χ3n) is 2.68. The quantitative estimate of drug-likeness (QED) is 0.935. The summed E-state index contributed by atoms with van der Waals surface area (Å²) < 4.78 is 6.16. The van der Waals surface area contributed by atoms with Crippen molar-refractivity contribution in [1.29, 1.82) is 0 Å². The number of methoxy groups -OCH3 is 1. The first-order chi connectivity index (χ1) is 8.60. The fourth-order valence-corrected chi connectivity index (χ4v) is 3.12. The van der Waals surface area contributed by atoms with Gasteiger partial charge in [-0.1, -0.05) is 6.07 Å². The van der Waals surface area contributed by atoms with Crippen LogP contribution in [-0.2, 0) is 6.42 Å². The Balaban J connectivity index is 2.12. The number of aryl methyl sites for hydroxylation is 1. The Hall–Kier alpha value is -0.910. The van der Waals surface area contributed by atoms with E-state index in [9.17, 15) is 0 Å². The number of rotatable bonds is 4. The zero-order valence-electron chi connectivity index (χ0n) is 10.3. The third kappa shape index (κ3) is 3.10. The number of aromatic nitrogens is 1. The fraction of sp³-hybridized carbons (Fsp3) is 0.308. The lowest BCUT2D eigenvalue weighted by Crippen LogP contribution is -2.11. The van der Waals surface area contributed by atoms with Crippen LogP contribution in [0.1, 0.15) is 21.5 Å². The molecule has 2 rings (SSSR count). The molecule has 0 aliphatic rings. The van der Waals surface area contributed by atoms with Gasteiger partial charge in [0.2, 0.25) is 0 Å². The van der Waals surface area contributed by atoms with Gasteiger partial charge in [-0.2, -0.15) is 0 Å². The summed E-state index contributed by atoms with van der Waals surface area (Å²) >= 11 is 5.14. The van der Waals surface area contributed by atoms with Gasteiger partial charge in [-0.3, -0.25) is 0 Å². The molecule has 96 valence electrons. The number of benzene rings is 1. The number of hydrogen-bond acceptors (Lipinski definition) is 4. The molecule has 1 unspecified atom stereocenters. The molecule has 0 saturated heterocycles. The van der Waals surface area contributed by atoms with Crippen LogP contribution in [0.2, 0.25) is 0 Å². The normalized spacial score (nSPS) is 12.4. The Bertz CT molecular complexity index is 542. The topological polar surface area (TPSA) is 48.1 Å². The highest BCUT2D eigenvalue weighted by molar-refractivity contribution is 9.10. The van der Waals surface area contributed by atoms with E-state index >= 15 is 0 Å². The Morgan fingerprint density at radius 1 is 1.50 bits per heavy atom. The summed E-state index contributed by atoms with van der Waals surface area (Å²) in [6, 6.07) is 6.03. The van der Waals surface area contributed by atoms with Gasteiger partial charge in [0, 0.05) is 17.1 Å². The van der Waals surface area contributed by atoms with Crippen molar-refractivity contribution in [3.63, 3.8) is 0 Å². The molecule has 1 aromatic carbocycles. The molecule has 5 heteroatoms. The lowest BCUT2D eigenvalue weighted by Gasteiger charge is -2.10. The lowest BCUT2D eigenvalue weighted by atomic mass is 10.1. The minimum Gasteiger partial charge on any atom is -0.496 e. The van der Waals surface area contributed by atoms with E-state index in [1.807, 2.05) is 31.3 Å². The smallest absolute Gasteiger partial charge is 0.133 e. The van der Waals surface area contributed by atoms with Gasteiger partial charge < -0.3 is 10.5 Å². The van der Waals surface area contributed by atoms with Crippen molar-refractivity contribution in [2.45, 2.75) is 19.4 Å². The monoisotopic (exact) mass is 326 g/mol. The highest BCUT2D eigenvalue weighted by Crippen LogP contribution is 2.28. The predicted octanol–water partition coefficient (Wildman–Crippen LogP) is 3.47. The fourth-order valence-electron chi connectivity index (χ4n) is 1.74. The molecular weight excluding hydrogens is 312 g/mol. The van der Waals surface area contributed by atoms with E-state index in [0.717, 1.165) is 26.5 Å². The van der Waals surface area contributed by atoms with Crippen LogP contribution in [0.3, 0.4) is 0 Å². The number of nitrogens with two attached hydrogens (primary N) is 1. The van der Waals surface area contributed by atoms with Crippen LogP contribution >= 0.6 is 27.3 Å². The molecule has 1 atom stereocenters. The van der Waals surface area contributed by atoms with Gasteiger partial charge in [-0.15, -0.1) is 11.3 Å². The minimum atomic E-state index is -0.00325. The molecule has 0 spiro atoms. The Morgan fingerprint density at radius 3 is 2.83 bits per heavy atom. The maximum absolute atomic E-state index is 6.18. The van der Waals surface area contributed by atoms with Crippen LogP contribution < -0.4 is 10.5 Å². The molecule has 0 aliphatic carbocycles. The first-order valence-electron chi connectivity index (χ1n) is 5.60. The minimum absolute atomic E-state index is 0.00325. The van der Waals surface area contributed by atoms with Gasteiger partial charge in [0.05, 0.1) is 16.6 Å². The second-order valence-electron chi connectivity index (χ2n) is 4.06. The van der Waals surface area contributed by atoms with E-state index in [1.54, 1.807) is 18.4 Å². The third-order valence-corrected chi connectivity index (χ3v) is 4.34. The van der Waals surface area contributed by atoms with Crippen LogP contribution in [0.15, 0.2) is 28.9 Å². The van der Waals surface area contributed by atoms with Gasteiger partial charge in [-0.05, 0) is 47.0 Å². The van der Waals surface area contributed by atoms with Gasteiger partial charge in [0.1, 0.15) is 5.75 Å². The summed E-state index contributed by atoms with van der Waals surface area (Å²) in [7, 11) is 1.66. The predicted molar refractivity (Wildman–Crippen MR) is 78.2 cm³/mol. The van der Waals surface area contributed by atoms with Crippen LogP contribution in [0, 0.1) is 6.92 Å². The molecule has 2 N–H and O–H groups in total. The number of hydrogen-bond donors (Lipinski definition) is 1. The summed E-state index contributed by atoms with van der Waals surface area (Å²) in [5, 5.41) is 1.05. The molecule has 3 nitrogen and oxygen atoms in total. The standard InChI is InChI=1S/C13H15BrN2OS/c1-8-16-7-13(18-8)11(15)6-9-3-4-12(17-2)10(14)5-9/h3-5,7,11H,6,15H2,1-2H3. The van der Waals surface area contributed by atoms with Crippen LogP contribution in [-0.4, -0.2) is 12.1 Å². The van der Waals surface area contributed by atoms with E-state index in [4.69, 9.17) is 10.5 Å². The van der Waals surface area contributed by atoms with Crippen molar-refractivity contribution in [3.8, 4) is 5.75 Å². The number of halogens is 1. The van der Waals surface area contributed by atoms with Crippen molar-refractivity contribution in [2.75, 3.05) is 7.11 Å². The molecule has 1 heterocycles. The van der Waals surface area contributed by atoms with Crippen LogP contribution in [0.25, 0.3) is 0 Å². The first kappa shape index (κ1) is 13.5. The van der Waals surface area contributed by atoms with Crippen LogP contribution in [0.5, 0.6) is 5.75 Å². The Kier molecular flexibility index (Phi) is 4.37. The zero-order valence-corrected chi connectivity index (χ0v) is 12.7. The van der Waals surface area contributed by atoms with Crippen molar-refractivity contribution in [2.24, 2.45) is 5.73 Å². The van der Waals surface area contributed by atoms with Crippen molar-refractivity contribution < 1.29 is 4.74 Å². The summed E-state index contributed by atoms with van der Waals surface area (Å²) in [5.41, 5.74) is 7.37. The highest BCUT2D eigenvalue weighted by atomic mass is 79.9. The molecule has 0 bridgehead atoms. The summed E-state index contributed by atoms with van der Waals surface area (Å²) in [5.74, 6) is 0.834. The number of nitrogens with zero attached hydrogens (tertiary/aromatic N) is 1. The number of ether oxygens (including phenoxy) is 1. The Labute approximate surface area is 119 Å². The van der Waals surface area contributed by atoms with Gasteiger partial charge >= 0.3 is 0 Å². The largest absolute Gasteiger partial charge is 0.496 e. The van der Waals surface area contributed by atoms with E-state index in [2.05, 4.69) is 20.9 Å². The summed E-state index contributed by atoms with van der Waals surface area (Å²) in [6.07, 6.45) is 2.66. The van der Waals surface area contributed by atoms with E-state index in [0.29, 0.717) is 0 Å². The van der Waals surface area contributed by atoms with E-state index in [1.165, 1.54) is 5.56 Å². The van der Waals surface area contributed by atoms with Gasteiger partial charge in [0.15, 0.2) is 0 Å². The average Bonchev–Trinajstić information content (AvgIpc) is 2.76. The van der Waals surface area contributed by atoms with Crippen molar-refractivity contribution in [1.82, 2.24) is 4.98 Å². The van der Waals surface area contributed by atoms with Crippen molar-refractivity contribution >= 4 is 27.3 Å². The van der Waals surface area contributed by atoms with Crippen LogP contribution in [0.4, 0.5) is 0 Å². The molecule has 0 aliphatic heterocycles. The van der Waals surface area contributed by atoms with Crippen molar-refractivity contribution in [3.05, 3.63) is 44.3 Å². The SMILES string of the molecule is COc1ccc(CC(N)c2cnc(C)s2)cc1Br. The Morgan fingerprint density at radius 2 is 2.28 bits per heavy atom. The summed E-state index contributed by atoms with van der Waals surface area (Å²) in [4.78, 5) is 5.36. The van der Waals surface area contributed by atoms with Gasteiger partial charge in [-0.25, -0.2) is 4.98 Å². The lowest BCUT2D eigenvalue weighted by molar-refractivity contribution is 0.412. The first-order valence-corrected chi connectivity index (χ1v) is 7.21. The maximum Gasteiger partial charge on any atom is 0.133 e. The molecule has 1 aromatic heterocycles. The van der Waals surface area contributed by atoms with E-state index < -0.39 is 0 Å². The second kappa shape index (κ2) is 5.82. The zero-order chi connectivity index (χ0) is 13.1. The van der Waals surface area contributed by atoms with E-state index in [-0.39, 0.29) is 6.04 Å². The second-order valence-corrected chi connectivity index (χ2v) is 6.18. The van der Waals surface area contributed by atoms with Gasteiger partial charge in [0.25, 0.3) is 0 Å². The molecule has 0 radical (unpaired) electrons. The molecule has 18 heavy (non-hydrogen) atoms. The average molecular weight is 327 g/mol. The molecule has 2 aromatic rings. The number of thiazole rings is 1. The highest BCUT2D eigenvalue weighted by Gasteiger charge is 2.11. The molecular formula is C13H15BrN2OS. The maximum atomic E-state index is 6.18. The molecule has 0 saturated carbocycles. The summed E-state index contributed by atoms with van der Waals surface area (Å²) in [6.45, 7) is 1.99. The molecule has 0 amide bonds.